The zero-order valence-electron chi connectivity index (χ0n) is 11.8. The zero-order valence-corrected chi connectivity index (χ0v) is 11.8. The molecule has 0 amide bonds. The van der Waals surface area contributed by atoms with Crippen LogP contribution in [0.25, 0.3) is 0 Å². The Hall–Kier alpha value is -1.02. The molecule has 0 bridgehead atoms. The van der Waals surface area contributed by atoms with Crippen molar-refractivity contribution in [2.45, 2.75) is 52.6 Å². The van der Waals surface area contributed by atoms with Crippen LogP contribution < -0.4 is 10.1 Å². The smallest absolute Gasteiger partial charge is 0.123 e. The third-order valence-electron chi connectivity index (χ3n) is 3.82. The first-order valence-corrected chi connectivity index (χ1v) is 7.05. The van der Waals surface area contributed by atoms with Crippen LogP contribution in [-0.4, -0.2) is 12.6 Å². The normalized spacial score (nSPS) is 22.1. The van der Waals surface area contributed by atoms with Crippen molar-refractivity contribution in [2.24, 2.45) is 5.41 Å². The third kappa shape index (κ3) is 3.49. The van der Waals surface area contributed by atoms with Gasteiger partial charge in [0, 0.05) is 18.2 Å². The van der Waals surface area contributed by atoms with Gasteiger partial charge in [-0.2, -0.15) is 0 Å². The van der Waals surface area contributed by atoms with Crippen LogP contribution in [0.4, 0.5) is 0 Å². The Bertz CT molecular complexity index is 386. The molecular formula is C16H25NO. The van der Waals surface area contributed by atoms with Crippen molar-refractivity contribution < 1.29 is 4.74 Å². The van der Waals surface area contributed by atoms with Crippen LogP contribution in [-0.2, 0) is 6.54 Å². The molecule has 100 valence electrons. The second-order valence-corrected chi connectivity index (χ2v) is 6.03. The summed E-state index contributed by atoms with van der Waals surface area (Å²) in [6, 6.07) is 8.98. The van der Waals surface area contributed by atoms with Crippen LogP contribution in [0.3, 0.4) is 0 Å². The molecule has 0 saturated heterocycles. The average molecular weight is 247 g/mol. The van der Waals surface area contributed by atoms with Gasteiger partial charge in [0.2, 0.25) is 0 Å². The lowest BCUT2D eigenvalue weighted by atomic mass is 9.92. The second-order valence-electron chi connectivity index (χ2n) is 6.03. The van der Waals surface area contributed by atoms with Gasteiger partial charge >= 0.3 is 0 Å². The number of benzene rings is 1. The largest absolute Gasteiger partial charge is 0.494 e. The fraction of sp³-hybridized carbons (Fsp3) is 0.625. The van der Waals surface area contributed by atoms with Gasteiger partial charge in [-0.1, -0.05) is 32.0 Å². The summed E-state index contributed by atoms with van der Waals surface area (Å²) < 4.78 is 5.65. The summed E-state index contributed by atoms with van der Waals surface area (Å²) >= 11 is 0. The Kier molecular flexibility index (Phi) is 4.28. The van der Waals surface area contributed by atoms with Gasteiger partial charge in [0.05, 0.1) is 6.61 Å². The topological polar surface area (TPSA) is 21.3 Å². The first-order chi connectivity index (χ1) is 8.61. The minimum atomic E-state index is 0.511. The lowest BCUT2D eigenvalue weighted by molar-refractivity contribution is 0.333. The van der Waals surface area contributed by atoms with Crippen molar-refractivity contribution >= 4 is 0 Å². The van der Waals surface area contributed by atoms with Gasteiger partial charge < -0.3 is 10.1 Å². The van der Waals surface area contributed by atoms with Crippen molar-refractivity contribution in [1.29, 1.82) is 0 Å². The van der Waals surface area contributed by atoms with Gasteiger partial charge in [-0.3, -0.25) is 0 Å². The van der Waals surface area contributed by atoms with Crippen molar-refractivity contribution in [2.75, 3.05) is 6.61 Å². The monoisotopic (exact) mass is 247 g/mol. The molecule has 2 heteroatoms. The van der Waals surface area contributed by atoms with Gasteiger partial charge in [0.25, 0.3) is 0 Å². The fourth-order valence-electron chi connectivity index (χ4n) is 2.81. The van der Waals surface area contributed by atoms with Crippen LogP contribution in [0.1, 0.15) is 45.6 Å². The highest BCUT2D eigenvalue weighted by Crippen LogP contribution is 2.37. The van der Waals surface area contributed by atoms with E-state index in [9.17, 15) is 0 Å². The molecule has 18 heavy (non-hydrogen) atoms. The minimum absolute atomic E-state index is 0.511. The summed E-state index contributed by atoms with van der Waals surface area (Å²) in [5.41, 5.74) is 1.78. The molecule has 0 aliphatic heterocycles. The highest BCUT2D eigenvalue weighted by molar-refractivity contribution is 5.33. The lowest BCUT2D eigenvalue weighted by Gasteiger charge is -2.18. The summed E-state index contributed by atoms with van der Waals surface area (Å²) in [6.07, 6.45) is 3.91. The van der Waals surface area contributed by atoms with Crippen molar-refractivity contribution in [3.8, 4) is 5.75 Å². The Balaban J connectivity index is 1.90. The van der Waals surface area contributed by atoms with E-state index in [4.69, 9.17) is 4.74 Å². The molecule has 2 nitrogen and oxygen atoms in total. The fourth-order valence-corrected chi connectivity index (χ4v) is 2.81. The van der Waals surface area contributed by atoms with Crippen molar-refractivity contribution in [3.63, 3.8) is 0 Å². The maximum Gasteiger partial charge on any atom is 0.123 e. The molecular weight excluding hydrogens is 222 g/mol. The standard InChI is InChI=1S/C16H25NO/c1-4-18-15-8-6-5-7-13(15)12-17-14-9-10-16(2,3)11-14/h5-8,14,17H,4,9-12H2,1-3H3. The first kappa shape index (κ1) is 13.4. The highest BCUT2D eigenvalue weighted by Gasteiger charge is 2.30. The van der Waals surface area contributed by atoms with E-state index < -0.39 is 0 Å². The van der Waals surface area contributed by atoms with Gasteiger partial charge in [-0.05, 0) is 37.7 Å². The van der Waals surface area contributed by atoms with E-state index in [2.05, 4.69) is 37.4 Å². The Labute approximate surface area is 111 Å². The van der Waals surface area contributed by atoms with Crippen LogP contribution in [0, 0.1) is 5.41 Å². The van der Waals surface area contributed by atoms with E-state index in [1.807, 2.05) is 13.0 Å². The molecule has 1 aliphatic carbocycles. The van der Waals surface area contributed by atoms with Crippen LogP contribution in [0.5, 0.6) is 5.75 Å². The van der Waals surface area contributed by atoms with E-state index in [1.165, 1.54) is 24.8 Å². The number of rotatable bonds is 5. The number of ether oxygens (including phenoxy) is 1. The highest BCUT2D eigenvalue weighted by atomic mass is 16.5. The molecule has 0 spiro atoms. The summed E-state index contributed by atoms with van der Waals surface area (Å²) in [7, 11) is 0. The molecule has 1 aliphatic rings. The molecule has 0 heterocycles. The summed E-state index contributed by atoms with van der Waals surface area (Å²) in [6.45, 7) is 8.40. The summed E-state index contributed by atoms with van der Waals surface area (Å²) in [4.78, 5) is 0. The van der Waals surface area contributed by atoms with E-state index in [0.29, 0.717) is 11.5 Å². The van der Waals surface area contributed by atoms with Gasteiger partial charge in [-0.25, -0.2) is 0 Å². The molecule has 1 N–H and O–H groups in total. The van der Waals surface area contributed by atoms with Crippen LogP contribution in [0.15, 0.2) is 24.3 Å². The van der Waals surface area contributed by atoms with Gasteiger partial charge in [-0.15, -0.1) is 0 Å². The maximum absolute atomic E-state index is 5.65. The maximum atomic E-state index is 5.65. The number of para-hydroxylation sites is 1. The number of hydrogen-bond acceptors (Lipinski definition) is 2. The quantitative estimate of drug-likeness (QED) is 0.855. The Morgan fingerprint density at radius 1 is 1.33 bits per heavy atom. The molecule has 1 saturated carbocycles. The van der Waals surface area contributed by atoms with E-state index in [0.717, 1.165) is 18.9 Å². The number of hydrogen-bond donors (Lipinski definition) is 1. The third-order valence-corrected chi connectivity index (χ3v) is 3.82. The number of nitrogens with one attached hydrogen (secondary N) is 1. The lowest BCUT2D eigenvalue weighted by Crippen LogP contribution is -2.27. The SMILES string of the molecule is CCOc1ccccc1CNC1CCC(C)(C)C1. The molecule has 1 aromatic carbocycles. The Morgan fingerprint density at radius 3 is 2.78 bits per heavy atom. The molecule has 0 aromatic heterocycles. The summed E-state index contributed by atoms with van der Waals surface area (Å²) in [5, 5.41) is 3.67. The van der Waals surface area contributed by atoms with Gasteiger partial charge in [0.1, 0.15) is 5.75 Å². The second kappa shape index (κ2) is 5.75. The van der Waals surface area contributed by atoms with Crippen LogP contribution in [0.2, 0.25) is 0 Å². The van der Waals surface area contributed by atoms with Crippen LogP contribution >= 0.6 is 0 Å². The van der Waals surface area contributed by atoms with Gasteiger partial charge in [0.15, 0.2) is 0 Å². The summed E-state index contributed by atoms with van der Waals surface area (Å²) in [5.74, 6) is 1.02. The molecule has 1 fully saturated rings. The minimum Gasteiger partial charge on any atom is -0.494 e. The zero-order chi connectivity index (χ0) is 13.0. The molecule has 1 unspecified atom stereocenters. The first-order valence-electron chi connectivity index (χ1n) is 7.05. The molecule has 2 rings (SSSR count). The van der Waals surface area contributed by atoms with E-state index >= 15 is 0 Å². The van der Waals surface area contributed by atoms with Crippen molar-refractivity contribution in [3.05, 3.63) is 29.8 Å². The molecule has 0 radical (unpaired) electrons. The Morgan fingerprint density at radius 2 is 2.11 bits per heavy atom. The van der Waals surface area contributed by atoms with Crippen molar-refractivity contribution in [1.82, 2.24) is 5.32 Å². The molecule has 1 aromatic rings. The van der Waals surface area contributed by atoms with E-state index in [-0.39, 0.29) is 0 Å². The molecule has 1 atom stereocenters. The average Bonchev–Trinajstić information content (AvgIpc) is 2.68. The predicted molar refractivity (Wildman–Crippen MR) is 75.9 cm³/mol. The van der Waals surface area contributed by atoms with E-state index in [1.54, 1.807) is 0 Å². The predicted octanol–water partition coefficient (Wildman–Crippen LogP) is 3.75.